The van der Waals surface area contributed by atoms with Crippen LogP contribution in [-0.2, 0) is 27.8 Å². The van der Waals surface area contributed by atoms with Crippen molar-refractivity contribution < 1.29 is 14.3 Å². The van der Waals surface area contributed by atoms with Crippen molar-refractivity contribution in [2.75, 3.05) is 11.9 Å². The fourth-order valence-electron chi connectivity index (χ4n) is 2.98. The number of benzene rings is 2. The summed E-state index contributed by atoms with van der Waals surface area (Å²) in [6.45, 7) is 3.46. The Kier molecular flexibility index (Phi) is 6.07. The number of para-hydroxylation sites is 1. The molecule has 0 radical (unpaired) electrons. The van der Waals surface area contributed by atoms with Crippen molar-refractivity contribution in [1.29, 1.82) is 0 Å². The first-order chi connectivity index (χ1) is 13.8. The molecule has 1 aromatic heterocycles. The molecule has 0 aliphatic carbocycles. The number of aryl methyl sites for hydroxylation is 3. The molecule has 1 amide bonds. The van der Waals surface area contributed by atoms with E-state index in [-0.39, 0.29) is 25.0 Å². The van der Waals surface area contributed by atoms with Gasteiger partial charge in [-0.25, -0.2) is 4.98 Å². The van der Waals surface area contributed by atoms with Gasteiger partial charge in [0, 0.05) is 19.2 Å². The van der Waals surface area contributed by atoms with Crippen molar-refractivity contribution in [3.8, 4) is 0 Å². The zero-order valence-electron chi connectivity index (χ0n) is 16.7. The Morgan fingerprint density at radius 3 is 2.69 bits per heavy atom. The van der Waals surface area contributed by atoms with E-state index in [1.807, 2.05) is 32.0 Å². The topological polar surface area (TPSA) is 90.3 Å². The highest BCUT2D eigenvalue weighted by Gasteiger charge is 2.13. The van der Waals surface area contributed by atoms with E-state index >= 15 is 0 Å². The number of fused-ring (bicyclic) bond motifs is 1. The number of hydrogen-bond acceptors (Lipinski definition) is 5. The lowest BCUT2D eigenvalue weighted by Crippen LogP contribution is -2.24. The number of ether oxygens (including phenoxy) is 1. The van der Waals surface area contributed by atoms with E-state index in [0.29, 0.717) is 22.4 Å². The summed E-state index contributed by atoms with van der Waals surface area (Å²) in [4.78, 5) is 40.9. The molecule has 29 heavy (non-hydrogen) atoms. The third-order valence-corrected chi connectivity index (χ3v) is 4.66. The van der Waals surface area contributed by atoms with Gasteiger partial charge in [-0.3, -0.25) is 19.0 Å². The molecular weight excluding hydrogens is 370 g/mol. The first-order valence-corrected chi connectivity index (χ1v) is 9.32. The molecule has 0 aliphatic heterocycles. The van der Waals surface area contributed by atoms with Crippen LogP contribution in [0.2, 0.25) is 0 Å². The largest absolute Gasteiger partial charge is 0.456 e. The molecule has 3 rings (SSSR count). The van der Waals surface area contributed by atoms with Gasteiger partial charge in [-0.15, -0.1) is 0 Å². The summed E-state index contributed by atoms with van der Waals surface area (Å²) >= 11 is 0. The van der Waals surface area contributed by atoms with Crippen molar-refractivity contribution in [2.24, 2.45) is 7.05 Å². The molecule has 0 saturated carbocycles. The highest BCUT2D eigenvalue weighted by Crippen LogP contribution is 2.16. The predicted molar refractivity (Wildman–Crippen MR) is 111 cm³/mol. The summed E-state index contributed by atoms with van der Waals surface area (Å²) in [7, 11) is 1.63. The number of nitrogens with one attached hydrogen (secondary N) is 1. The van der Waals surface area contributed by atoms with Gasteiger partial charge >= 0.3 is 5.97 Å². The average Bonchev–Trinajstić information content (AvgIpc) is 2.71. The molecule has 0 unspecified atom stereocenters. The first-order valence-electron chi connectivity index (χ1n) is 9.32. The minimum atomic E-state index is -0.525. The summed E-state index contributed by atoms with van der Waals surface area (Å²) in [5.41, 5.74) is 3.08. The number of amides is 1. The molecule has 2 aromatic carbocycles. The van der Waals surface area contributed by atoms with Crippen molar-refractivity contribution in [2.45, 2.75) is 26.7 Å². The van der Waals surface area contributed by atoms with Crippen LogP contribution in [0.3, 0.4) is 0 Å². The molecular formula is C22H23N3O4. The van der Waals surface area contributed by atoms with Crippen LogP contribution in [0.25, 0.3) is 10.9 Å². The number of aromatic nitrogens is 2. The van der Waals surface area contributed by atoms with Gasteiger partial charge < -0.3 is 10.1 Å². The maximum atomic E-state index is 12.4. The van der Waals surface area contributed by atoms with Crippen LogP contribution in [0.1, 0.15) is 23.4 Å². The molecule has 1 N–H and O–H groups in total. The Bertz CT molecular complexity index is 1130. The quantitative estimate of drug-likeness (QED) is 0.650. The third-order valence-electron chi connectivity index (χ3n) is 4.66. The van der Waals surface area contributed by atoms with Gasteiger partial charge in [0.2, 0.25) is 0 Å². The summed E-state index contributed by atoms with van der Waals surface area (Å²) in [5, 5.41) is 3.27. The van der Waals surface area contributed by atoms with E-state index in [4.69, 9.17) is 4.74 Å². The van der Waals surface area contributed by atoms with Crippen LogP contribution in [0.5, 0.6) is 0 Å². The molecule has 150 valence electrons. The minimum absolute atomic E-state index is 0.0232. The second-order valence-corrected chi connectivity index (χ2v) is 6.94. The van der Waals surface area contributed by atoms with Gasteiger partial charge in [-0.1, -0.05) is 24.3 Å². The van der Waals surface area contributed by atoms with Crippen LogP contribution in [0.4, 0.5) is 5.69 Å². The van der Waals surface area contributed by atoms with Gasteiger partial charge in [0.1, 0.15) is 5.82 Å². The molecule has 3 aromatic rings. The Morgan fingerprint density at radius 2 is 1.90 bits per heavy atom. The van der Waals surface area contributed by atoms with Gasteiger partial charge in [-0.2, -0.15) is 0 Å². The second-order valence-electron chi connectivity index (χ2n) is 6.94. The second kappa shape index (κ2) is 8.68. The monoisotopic (exact) mass is 393 g/mol. The number of rotatable bonds is 6. The van der Waals surface area contributed by atoms with Crippen molar-refractivity contribution >= 4 is 28.5 Å². The number of carbonyl (C=O) groups excluding carboxylic acids is 2. The van der Waals surface area contributed by atoms with Gasteiger partial charge in [0.15, 0.2) is 6.61 Å². The summed E-state index contributed by atoms with van der Waals surface area (Å²) < 4.78 is 6.49. The molecule has 0 aliphatic rings. The van der Waals surface area contributed by atoms with Gasteiger partial charge in [-0.05, 0) is 43.2 Å². The average molecular weight is 393 g/mol. The first kappa shape index (κ1) is 20.3. The van der Waals surface area contributed by atoms with E-state index in [1.54, 1.807) is 31.3 Å². The number of carbonyl (C=O) groups is 2. The summed E-state index contributed by atoms with van der Waals surface area (Å²) in [6.07, 6.45) is 0.267. The SMILES string of the molecule is Cc1ccc(C)c(NC(=O)COC(=O)CCc2nc3ccccc3c(=O)n2C)c1. The Morgan fingerprint density at radius 1 is 1.14 bits per heavy atom. The zero-order valence-corrected chi connectivity index (χ0v) is 16.7. The third kappa shape index (κ3) is 4.87. The highest BCUT2D eigenvalue weighted by molar-refractivity contribution is 5.93. The molecule has 0 fully saturated rings. The highest BCUT2D eigenvalue weighted by atomic mass is 16.5. The maximum absolute atomic E-state index is 12.4. The lowest BCUT2D eigenvalue weighted by Gasteiger charge is -2.11. The number of nitrogens with zero attached hydrogens (tertiary/aromatic N) is 2. The van der Waals surface area contributed by atoms with Crippen LogP contribution in [-0.4, -0.2) is 28.0 Å². The Balaban J connectivity index is 1.56. The Hall–Kier alpha value is -3.48. The van der Waals surface area contributed by atoms with Crippen molar-refractivity contribution in [1.82, 2.24) is 9.55 Å². The normalized spacial score (nSPS) is 10.7. The predicted octanol–water partition coefficient (Wildman–Crippen LogP) is 2.66. The fraction of sp³-hybridized carbons (Fsp3) is 0.273. The molecule has 0 bridgehead atoms. The Labute approximate surface area is 168 Å². The zero-order chi connectivity index (χ0) is 21.0. The van der Waals surface area contributed by atoms with Crippen molar-refractivity contribution in [3.05, 3.63) is 69.8 Å². The molecule has 0 atom stereocenters. The molecule has 7 nitrogen and oxygen atoms in total. The molecule has 7 heteroatoms. The number of esters is 1. The summed E-state index contributed by atoms with van der Waals surface area (Å²) in [6, 6.07) is 12.8. The van der Waals surface area contributed by atoms with Crippen LogP contribution < -0.4 is 10.9 Å². The maximum Gasteiger partial charge on any atom is 0.306 e. The van der Waals surface area contributed by atoms with Crippen LogP contribution >= 0.6 is 0 Å². The lowest BCUT2D eigenvalue weighted by atomic mass is 10.1. The van der Waals surface area contributed by atoms with E-state index in [1.165, 1.54) is 4.57 Å². The fourth-order valence-corrected chi connectivity index (χ4v) is 2.98. The van der Waals surface area contributed by atoms with Crippen LogP contribution in [0.15, 0.2) is 47.3 Å². The van der Waals surface area contributed by atoms with E-state index in [9.17, 15) is 14.4 Å². The number of anilines is 1. The summed E-state index contributed by atoms with van der Waals surface area (Å²) in [5.74, 6) is -0.433. The van der Waals surface area contributed by atoms with E-state index < -0.39 is 11.9 Å². The lowest BCUT2D eigenvalue weighted by molar-refractivity contribution is -0.147. The molecule has 0 spiro atoms. The van der Waals surface area contributed by atoms with E-state index in [2.05, 4.69) is 10.3 Å². The standard InChI is InChI=1S/C22H23N3O4/c1-14-8-9-15(2)18(12-14)24-20(26)13-29-21(27)11-10-19-23-17-7-5-4-6-16(17)22(28)25(19)3/h4-9,12H,10-11,13H2,1-3H3,(H,24,26). The molecule has 0 saturated heterocycles. The van der Waals surface area contributed by atoms with Gasteiger partial charge in [0.25, 0.3) is 11.5 Å². The van der Waals surface area contributed by atoms with E-state index in [0.717, 1.165) is 11.1 Å². The van der Waals surface area contributed by atoms with Crippen LogP contribution in [0, 0.1) is 13.8 Å². The minimum Gasteiger partial charge on any atom is -0.456 e. The molecule has 1 heterocycles. The van der Waals surface area contributed by atoms with Crippen molar-refractivity contribution in [3.63, 3.8) is 0 Å². The van der Waals surface area contributed by atoms with Gasteiger partial charge in [0.05, 0.1) is 17.3 Å². The smallest absolute Gasteiger partial charge is 0.306 e. The number of hydrogen-bond donors (Lipinski definition) is 1.